The van der Waals surface area contributed by atoms with Gasteiger partial charge in [-0.1, -0.05) is 6.07 Å². The molecular formula is C11H10F2O2. The summed E-state index contributed by atoms with van der Waals surface area (Å²) in [7, 11) is 0. The fourth-order valence-electron chi connectivity index (χ4n) is 1.67. The van der Waals surface area contributed by atoms with Gasteiger partial charge in [0.2, 0.25) is 0 Å². The lowest BCUT2D eigenvalue weighted by molar-refractivity contribution is -0.140. The predicted molar refractivity (Wildman–Crippen MR) is 49.5 cm³/mol. The zero-order valence-corrected chi connectivity index (χ0v) is 8.22. The van der Waals surface area contributed by atoms with Crippen LogP contribution in [0.2, 0.25) is 0 Å². The molecule has 0 aliphatic carbocycles. The standard InChI is InChI=1S/C11H10F2O2/c1-7(14)11(5-15-6-11)8-2-3-9(12)10(13)4-8/h2-4H,5-6H2,1H3. The van der Waals surface area contributed by atoms with Crippen LogP contribution in [0.1, 0.15) is 12.5 Å². The molecule has 1 aliphatic heterocycles. The highest BCUT2D eigenvalue weighted by Gasteiger charge is 2.45. The predicted octanol–water partition coefficient (Wildman–Crippen LogP) is 1.82. The molecule has 4 heteroatoms. The number of benzene rings is 1. The summed E-state index contributed by atoms with van der Waals surface area (Å²) >= 11 is 0. The van der Waals surface area contributed by atoms with Crippen molar-refractivity contribution in [2.24, 2.45) is 0 Å². The van der Waals surface area contributed by atoms with Crippen molar-refractivity contribution in [3.05, 3.63) is 35.4 Å². The summed E-state index contributed by atoms with van der Waals surface area (Å²) in [5.74, 6) is -1.92. The minimum atomic E-state index is -0.931. The smallest absolute Gasteiger partial charge is 0.159 e. The van der Waals surface area contributed by atoms with E-state index in [0.717, 1.165) is 12.1 Å². The van der Waals surface area contributed by atoms with Crippen molar-refractivity contribution < 1.29 is 18.3 Å². The lowest BCUT2D eigenvalue weighted by Gasteiger charge is -2.39. The Hall–Kier alpha value is -1.29. The lowest BCUT2D eigenvalue weighted by Crippen LogP contribution is -2.52. The number of carbonyl (C=O) groups excluding carboxylic acids is 1. The Morgan fingerprint density at radius 2 is 2.00 bits per heavy atom. The Kier molecular flexibility index (Phi) is 2.31. The molecule has 15 heavy (non-hydrogen) atoms. The van der Waals surface area contributed by atoms with Gasteiger partial charge < -0.3 is 4.74 Å². The van der Waals surface area contributed by atoms with Crippen LogP contribution >= 0.6 is 0 Å². The van der Waals surface area contributed by atoms with Gasteiger partial charge in [0, 0.05) is 0 Å². The van der Waals surface area contributed by atoms with Gasteiger partial charge in [-0.25, -0.2) is 8.78 Å². The van der Waals surface area contributed by atoms with Crippen LogP contribution in [-0.2, 0) is 14.9 Å². The highest BCUT2D eigenvalue weighted by molar-refractivity contribution is 5.89. The summed E-state index contributed by atoms with van der Waals surface area (Å²) in [6.07, 6.45) is 0. The Labute approximate surface area is 85.9 Å². The molecule has 1 aromatic rings. The summed E-state index contributed by atoms with van der Waals surface area (Å²) in [4.78, 5) is 11.4. The van der Waals surface area contributed by atoms with E-state index in [1.54, 1.807) is 0 Å². The number of halogens is 2. The molecule has 1 heterocycles. The van der Waals surface area contributed by atoms with E-state index >= 15 is 0 Å². The van der Waals surface area contributed by atoms with Gasteiger partial charge in [0.25, 0.3) is 0 Å². The topological polar surface area (TPSA) is 26.3 Å². The zero-order valence-electron chi connectivity index (χ0n) is 8.22. The first-order valence-corrected chi connectivity index (χ1v) is 4.60. The van der Waals surface area contributed by atoms with Crippen molar-refractivity contribution in [2.75, 3.05) is 13.2 Å². The van der Waals surface area contributed by atoms with Crippen LogP contribution < -0.4 is 0 Å². The van der Waals surface area contributed by atoms with E-state index in [0.29, 0.717) is 5.56 Å². The third-order valence-corrected chi connectivity index (χ3v) is 2.84. The van der Waals surface area contributed by atoms with Crippen molar-refractivity contribution in [1.29, 1.82) is 0 Å². The second-order valence-corrected chi connectivity index (χ2v) is 3.76. The maximum Gasteiger partial charge on any atom is 0.159 e. The third-order valence-electron chi connectivity index (χ3n) is 2.84. The minimum absolute atomic E-state index is 0.0836. The molecule has 0 aromatic heterocycles. The van der Waals surface area contributed by atoms with Gasteiger partial charge in [-0.3, -0.25) is 4.79 Å². The first-order valence-electron chi connectivity index (χ1n) is 4.60. The molecule has 0 N–H and O–H groups in total. The van der Waals surface area contributed by atoms with Crippen molar-refractivity contribution in [1.82, 2.24) is 0 Å². The van der Waals surface area contributed by atoms with Gasteiger partial charge in [0.15, 0.2) is 11.6 Å². The molecule has 0 amide bonds. The number of carbonyl (C=O) groups is 1. The van der Waals surface area contributed by atoms with Gasteiger partial charge in [0.05, 0.1) is 13.2 Å². The summed E-state index contributed by atoms with van der Waals surface area (Å²) in [6, 6.07) is 3.54. The van der Waals surface area contributed by atoms with Crippen LogP contribution in [0.5, 0.6) is 0 Å². The Balaban J connectivity index is 2.44. The van der Waals surface area contributed by atoms with Gasteiger partial charge >= 0.3 is 0 Å². The van der Waals surface area contributed by atoms with Gasteiger partial charge in [-0.2, -0.15) is 0 Å². The molecule has 0 saturated carbocycles. The maximum atomic E-state index is 13.0. The Morgan fingerprint density at radius 1 is 1.33 bits per heavy atom. The number of hydrogen-bond donors (Lipinski definition) is 0. The molecule has 2 rings (SSSR count). The molecule has 2 nitrogen and oxygen atoms in total. The average Bonchev–Trinajstić information content (AvgIpc) is 2.08. The summed E-state index contributed by atoms with van der Waals surface area (Å²) < 4.78 is 30.7. The normalized spacial score (nSPS) is 18.3. The lowest BCUT2D eigenvalue weighted by atomic mass is 9.75. The molecule has 1 saturated heterocycles. The third kappa shape index (κ3) is 1.45. The van der Waals surface area contributed by atoms with Crippen molar-refractivity contribution in [3.63, 3.8) is 0 Å². The molecular weight excluding hydrogens is 202 g/mol. The molecule has 1 fully saturated rings. The summed E-state index contributed by atoms with van der Waals surface area (Å²) in [5, 5.41) is 0. The monoisotopic (exact) mass is 212 g/mol. The minimum Gasteiger partial charge on any atom is -0.378 e. The summed E-state index contributed by atoms with van der Waals surface area (Å²) in [5.41, 5.74) is -0.283. The molecule has 0 unspecified atom stereocenters. The van der Waals surface area contributed by atoms with E-state index in [9.17, 15) is 13.6 Å². The van der Waals surface area contributed by atoms with Crippen LogP contribution in [0.25, 0.3) is 0 Å². The zero-order chi connectivity index (χ0) is 11.1. The molecule has 1 aliphatic rings. The average molecular weight is 212 g/mol. The fraction of sp³-hybridized carbons (Fsp3) is 0.364. The first kappa shape index (κ1) is 10.2. The van der Waals surface area contributed by atoms with E-state index in [1.807, 2.05) is 0 Å². The maximum absolute atomic E-state index is 13.0. The Bertz CT molecular complexity index is 411. The molecule has 0 atom stereocenters. The molecule has 0 spiro atoms. The van der Waals surface area contributed by atoms with Crippen LogP contribution in [0, 0.1) is 11.6 Å². The second kappa shape index (κ2) is 3.38. The van der Waals surface area contributed by atoms with E-state index in [2.05, 4.69) is 0 Å². The van der Waals surface area contributed by atoms with Crippen LogP contribution in [-0.4, -0.2) is 19.0 Å². The van der Waals surface area contributed by atoms with Crippen molar-refractivity contribution >= 4 is 5.78 Å². The Morgan fingerprint density at radius 3 is 2.40 bits per heavy atom. The highest BCUT2D eigenvalue weighted by Crippen LogP contribution is 2.33. The van der Waals surface area contributed by atoms with Crippen molar-refractivity contribution in [2.45, 2.75) is 12.3 Å². The van der Waals surface area contributed by atoms with E-state index in [-0.39, 0.29) is 19.0 Å². The van der Waals surface area contributed by atoms with E-state index in [1.165, 1.54) is 13.0 Å². The molecule has 1 aromatic carbocycles. The number of hydrogen-bond acceptors (Lipinski definition) is 2. The highest BCUT2D eigenvalue weighted by atomic mass is 19.2. The van der Waals surface area contributed by atoms with Gasteiger partial charge in [-0.15, -0.1) is 0 Å². The van der Waals surface area contributed by atoms with Crippen LogP contribution in [0.4, 0.5) is 8.78 Å². The molecule has 80 valence electrons. The second-order valence-electron chi connectivity index (χ2n) is 3.76. The molecule has 0 bridgehead atoms. The molecule has 0 radical (unpaired) electrons. The van der Waals surface area contributed by atoms with Gasteiger partial charge in [-0.05, 0) is 24.6 Å². The van der Waals surface area contributed by atoms with E-state index < -0.39 is 17.0 Å². The van der Waals surface area contributed by atoms with Gasteiger partial charge in [0.1, 0.15) is 11.2 Å². The van der Waals surface area contributed by atoms with E-state index in [4.69, 9.17) is 4.74 Å². The number of Topliss-reactive ketones (excluding diaryl/α,β-unsaturated/α-hetero) is 1. The first-order chi connectivity index (χ1) is 7.06. The fourth-order valence-corrected chi connectivity index (χ4v) is 1.67. The van der Waals surface area contributed by atoms with Crippen molar-refractivity contribution in [3.8, 4) is 0 Å². The summed E-state index contributed by atoms with van der Waals surface area (Å²) in [6.45, 7) is 1.92. The SMILES string of the molecule is CC(=O)C1(c2ccc(F)c(F)c2)COC1. The van der Waals surface area contributed by atoms with Crippen LogP contribution in [0.15, 0.2) is 18.2 Å². The number of rotatable bonds is 2. The number of ether oxygens (including phenoxy) is 1. The largest absolute Gasteiger partial charge is 0.378 e. The van der Waals surface area contributed by atoms with Crippen LogP contribution in [0.3, 0.4) is 0 Å². The quantitative estimate of drug-likeness (QED) is 0.747. The number of ketones is 1.